The van der Waals surface area contributed by atoms with Crippen molar-refractivity contribution in [3.05, 3.63) is 28.2 Å². The molecule has 0 spiro atoms. The van der Waals surface area contributed by atoms with Crippen LogP contribution in [0.2, 0.25) is 0 Å². The summed E-state index contributed by atoms with van der Waals surface area (Å²) in [5.74, 6) is 1.25. The number of imide groups is 1. The van der Waals surface area contributed by atoms with E-state index < -0.39 is 6.03 Å². The summed E-state index contributed by atoms with van der Waals surface area (Å²) in [4.78, 5) is 24.0. The van der Waals surface area contributed by atoms with Crippen LogP contribution >= 0.6 is 23.1 Å². The maximum atomic E-state index is 11.6. The molecule has 128 valence electrons. The molecule has 0 radical (unpaired) electrons. The molecule has 2 aromatic heterocycles. The number of amides is 3. The number of thioether (sulfide) groups is 1. The Bertz CT molecular complexity index is 710. The van der Waals surface area contributed by atoms with Crippen molar-refractivity contribution < 1.29 is 9.59 Å². The van der Waals surface area contributed by atoms with Crippen molar-refractivity contribution in [2.75, 3.05) is 12.8 Å². The molecule has 1 saturated carbocycles. The zero-order chi connectivity index (χ0) is 16.9. The van der Waals surface area contributed by atoms with Gasteiger partial charge in [0.1, 0.15) is 5.82 Å². The van der Waals surface area contributed by atoms with E-state index in [0.717, 1.165) is 30.2 Å². The summed E-state index contributed by atoms with van der Waals surface area (Å²) in [6, 6.07) is 4.15. The fourth-order valence-corrected chi connectivity index (χ4v) is 3.95. The Balaban J connectivity index is 1.58. The number of thiophene rings is 1. The Morgan fingerprint density at radius 1 is 1.42 bits per heavy atom. The minimum atomic E-state index is -0.482. The zero-order valence-electron chi connectivity index (χ0n) is 13.3. The number of hydrogen-bond acceptors (Lipinski definition) is 6. The Morgan fingerprint density at radius 3 is 2.92 bits per heavy atom. The van der Waals surface area contributed by atoms with E-state index in [4.69, 9.17) is 0 Å². The molecule has 24 heavy (non-hydrogen) atoms. The molecule has 9 heteroatoms. The van der Waals surface area contributed by atoms with Crippen LogP contribution in [0.3, 0.4) is 0 Å². The lowest BCUT2D eigenvalue weighted by Crippen LogP contribution is -2.37. The maximum Gasteiger partial charge on any atom is 0.321 e. The first-order chi connectivity index (χ1) is 11.7. The Labute approximate surface area is 148 Å². The van der Waals surface area contributed by atoms with Gasteiger partial charge in [-0.2, -0.15) is 0 Å². The molecule has 2 heterocycles. The summed E-state index contributed by atoms with van der Waals surface area (Å²) in [6.45, 7) is 0. The summed E-state index contributed by atoms with van der Waals surface area (Å²) in [5, 5.41) is 16.2. The van der Waals surface area contributed by atoms with Crippen molar-refractivity contribution in [3.8, 4) is 0 Å². The van der Waals surface area contributed by atoms with Gasteiger partial charge in [-0.05, 0) is 24.3 Å². The Morgan fingerprint density at radius 2 is 2.25 bits per heavy atom. The molecular weight excluding hydrogens is 346 g/mol. The second-order valence-corrected chi connectivity index (χ2v) is 7.58. The van der Waals surface area contributed by atoms with Gasteiger partial charge in [0.15, 0.2) is 5.16 Å². The highest BCUT2D eigenvalue weighted by molar-refractivity contribution is 7.99. The van der Waals surface area contributed by atoms with E-state index in [1.807, 2.05) is 6.07 Å². The largest absolute Gasteiger partial charge is 0.341 e. The number of nitrogens with zero attached hydrogens (tertiary/aromatic N) is 3. The quantitative estimate of drug-likeness (QED) is 0.734. The summed E-state index contributed by atoms with van der Waals surface area (Å²) < 4.78 is 2.21. The van der Waals surface area contributed by atoms with Gasteiger partial charge in [-0.1, -0.05) is 17.8 Å². The molecule has 7 nitrogen and oxygen atoms in total. The van der Waals surface area contributed by atoms with E-state index in [0.29, 0.717) is 11.8 Å². The topological polar surface area (TPSA) is 88.9 Å². The van der Waals surface area contributed by atoms with Crippen LogP contribution in [0.25, 0.3) is 0 Å². The lowest BCUT2D eigenvalue weighted by molar-refractivity contribution is -0.119. The molecule has 0 saturated heterocycles. The molecule has 1 fully saturated rings. The smallest absolute Gasteiger partial charge is 0.321 e. The molecule has 3 rings (SSSR count). The zero-order valence-corrected chi connectivity index (χ0v) is 15.0. The number of carbonyl (C=O) groups is 2. The Kier molecular flexibility index (Phi) is 5.52. The average molecular weight is 365 g/mol. The van der Waals surface area contributed by atoms with Gasteiger partial charge in [0.2, 0.25) is 5.91 Å². The summed E-state index contributed by atoms with van der Waals surface area (Å²) in [6.07, 6.45) is 3.36. The van der Waals surface area contributed by atoms with Crippen molar-refractivity contribution in [3.63, 3.8) is 0 Å². The van der Waals surface area contributed by atoms with Crippen LogP contribution in [0.15, 0.2) is 22.7 Å². The minimum Gasteiger partial charge on any atom is -0.341 e. The molecular formula is C15H19N5O2S2. The minimum absolute atomic E-state index is 0.260. The Hall–Kier alpha value is -1.87. The third-order valence-corrected chi connectivity index (χ3v) is 5.42. The van der Waals surface area contributed by atoms with Gasteiger partial charge in [-0.3, -0.25) is 10.1 Å². The lowest BCUT2D eigenvalue weighted by Gasteiger charge is -2.08. The molecule has 1 aliphatic carbocycles. The van der Waals surface area contributed by atoms with Crippen LogP contribution in [0.1, 0.15) is 36.0 Å². The van der Waals surface area contributed by atoms with E-state index >= 15 is 0 Å². The number of aromatic nitrogens is 3. The van der Waals surface area contributed by atoms with Crippen molar-refractivity contribution in [1.82, 2.24) is 25.4 Å². The number of urea groups is 1. The fraction of sp³-hybridized carbons (Fsp3) is 0.467. The molecule has 1 aliphatic rings. The van der Waals surface area contributed by atoms with Gasteiger partial charge >= 0.3 is 6.03 Å². The maximum absolute atomic E-state index is 11.6. The van der Waals surface area contributed by atoms with Crippen molar-refractivity contribution in [1.29, 1.82) is 0 Å². The predicted octanol–water partition coefficient (Wildman–Crippen LogP) is 2.20. The van der Waals surface area contributed by atoms with E-state index in [9.17, 15) is 9.59 Å². The van der Waals surface area contributed by atoms with Crippen LogP contribution in [0.5, 0.6) is 0 Å². The summed E-state index contributed by atoms with van der Waals surface area (Å²) >= 11 is 3.23. The van der Waals surface area contributed by atoms with Crippen LogP contribution in [0, 0.1) is 0 Å². The molecule has 0 aromatic carbocycles. The summed E-state index contributed by atoms with van der Waals surface area (Å²) in [7, 11) is 1.48. The molecule has 0 aliphatic heterocycles. The van der Waals surface area contributed by atoms with E-state index in [1.54, 1.807) is 11.3 Å². The second-order valence-electron chi connectivity index (χ2n) is 5.48. The number of hydrogen-bond donors (Lipinski definition) is 2. The van der Waals surface area contributed by atoms with Gasteiger partial charge in [-0.15, -0.1) is 21.5 Å². The van der Waals surface area contributed by atoms with Crippen LogP contribution in [-0.2, 0) is 11.2 Å². The van der Waals surface area contributed by atoms with Crippen LogP contribution in [-0.4, -0.2) is 39.5 Å². The number of carbonyl (C=O) groups excluding carboxylic acids is 2. The van der Waals surface area contributed by atoms with Gasteiger partial charge in [0.05, 0.1) is 0 Å². The highest BCUT2D eigenvalue weighted by atomic mass is 32.2. The van der Waals surface area contributed by atoms with Gasteiger partial charge in [0, 0.05) is 36.6 Å². The third kappa shape index (κ3) is 4.35. The highest BCUT2D eigenvalue weighted by Gasteiger charge is 2.29. The van der Waals surface area contributed by atoms with E-state index in [2.05, 4.69) is 36.8 Å². The van der Waals surface area contributed by atoms with E-state index in [1.165, 1.54) is 23.7 Å². The molecule has 0 bridgehead atoms. The lowest BCUT2D eigenvalue weighted by atomic mass is 10.3. The molecule has 0 atom stereocenters. The molecule has 2 N–H and O–H groups in total. The summed E-state index contributed by atoms with van der Waals surface area (Å²) in [5.41, 5.74) is 0. The molecule has 3 amide bonds. The normalized spacial score (nSPS) is 13.7. The van der Waals surface area contributed by atoms with E-state index in [-0.39, 0.29) is 12.3 Å². The highest BCUT2D eigenvalue weighted by Crippen LogP contribution is 2.39. The van der Waals surface area contributed by atoms with Gasteiger partial charge in [-0.25, -0.2) is 4.79 Å². The van der Waals surface area contributed by atoms with Crippen LogP contribution < -0.4 is 10.6 Å². The van der Waals surface area contributed by atoms with Gasteiger partial charge < -0.3 is 9.88 Å². The van der Waals surface area contributed by atoms with Crippen molar-refractivity contribution in [2.24, 2.45) is 0 Å². The number of nitrogens with one attached hydrogen (secondary N) is 2. The monoisotopic (exact) mass is 365 g/mol. The first-order valence-electron chi connectivity index (χ1n) is 7.78. The SMILES string of the molecule is CNC(=O)NC(=O)CCSc1nnc(Cc2cccs2)n1C1CC1. The average Bonchev–Trinajstić information content (AvgIpc) is 3.12. The third-order valence-electron chi connectivity index (χ3n) is 3.60. The number of rotatable bonds is 7. The predicted molar refractivity (Wildman–Crippen MR) is 93.4 cm³/mol. The van der Waals surface area contributed by atoms with Crippen molar-refractivity contribution >= 4 is 35.0 Å². The first-order valence-corrected chi connectivity index (χ1v) is 9.64. The van der Waals surface area contributed by atoms with Crippen molar-refractivity contribution in [2.45, 2.75) is 36.9 Å². The molecule has 2 aromatic rings. The van der Waals surface area contributed by atoms with Gasteiger partial charge in [0.25, 0.3) is 0 Å². The first kappa shape index (κ1) is 17.0. The van der Waals surface area contributed by atoms with Crippen LogP contribution in [0.4, 0.5) is 4.79 Å². The molecule has 0 unspecified atom stereocenters. The fourth-order valence-electron chi connectivity index (χ4n) is 2.28. The second kappa shape index (κ2) is 7.80. The standard InChI is InChI=1S/C15H19N5O2S2/c1-16-14(22)17-13(21)6-8-24-15-19-18-12(20(15)10-4-5-10)9-11-3-2-7-23-11/h2-3,7,10H,4-6,8-9H2,1H3,(H2,16,17,21,22).